The predicted molar refractivity (Wildman–Crippen MR) is 69.2 cm³/mol. The molecule has 17 heavy (non-hydrogen) atoms. The third-order valence-corrected chi connectivity index (χ3v) is 3.77. The number of benzene rings is 1. The SMILES string of the molecule is COc1ccc(-c2nc(C)c(C=O)s2)c(Cl)c1. The van der Waals surface area contributed by atoms with E-state index < -0.39 is 0 Å². The van der Waals surface area contributed by atoms with Gasteiger partial charge >= 0.3 is 0 Å². The van der Waals surface area contributed by atoms with E-state index in [0.717, 1.165) is 22.6 Å². The number of hydrogen-bond donors (Lipinski definition) is 0. The minimum atomic E-state index is 0.565. The standard InChI is InChI=1S/C12H10ClNO2S/c1-7-11(6-15)17-12(14-7)9-4-3-8(16-2)5-10(9)13/h3-6H,1-2H3. The van der Waals surface area contributed by atoms with Crippen LogP contribution in [-0.4, -0.2) is 18.4 Å². The van der Waals surface area contributed by atoms with E-state index in [9.17, 15) is 4.79 Å². The average molecular weight is 268 g/mol. The first-order valence-electron chi connectivity index (χ1n) is 4.92. The van der Waals surface area contributed by atoms with Crippen LogP contribution < -0.4 is 4.74 Å². The monoisotopic (exact) mass is 267 g/mol. The van der Waals surface area contributed by atoms with Gasteiger partial charge in [-0.05, 0) is 25.1 Å². The Morgan fingerprint density at radius 1 is 1.47 bits per heavy atom. The van der Waals surface area contributed by atoms with Crippen LogP contribution in [0.3, 0.4) is 0 Å². The molecule has 0 amide bonds. The molecule has 0 atom stereocenters. The fraction of sp³-hybridized carbons (Fsp3) is 0.167. The molecule has 1 heterocycles. The molecule has 0 unspecified atom stereocenters. The number of thiazole rings is 1. The van der Waals surface area contributed by atoms with Gasteiger partial charge in [0, 0.05) is 5.56 Å². The Morgan fingerprint density at radius 3 is 2.76 bits per heavy atom. The van der Waals surface area contributed by atoms with E-state index in [4.69, 9.17) is 16.3 Å². The first-order chi connectivity index (χ1) is 8.15. The molecule has 88 valence electrons. The zero-order valence-corrected chi connectivity index (χ0v) is 10.9. The Morgan fingerprint density at radius 2 is 2.24 bits per heavy atom. The Balaban J connectivity index is 2.48. The molecule has 1 aromatic carbocycles. The van der Waals surface area contributed by atoms with Crippen molar-refractivity contribution in [3.63, 3.8) is 0 Å². The summed E-state index contributed by atoms with van der Waals surface area (Å²) >= 11 is 7.48. The van der Waals surface area contributed by atoms with Crippen molar-refractivity contribution < 1.29 is 9.53 Å². The molecular weight excluding hydrogens is 258 g/mol. The summed E-state index contributed by atoms with van der Waals surface area (Å²) in [4.78, 5) is 15.7. The Kier molecular flexibility index (Phi) is 3.45. The number of methoxy groups -OCH3 is 1. The average Bonchev–Trinajstić information content (AvgIpc) is 2.70. The van der Waals surface area contributed by atoms with Crippen LogP contribution in [0.15, 0.2) is 18.2 Å². The Hall–Kier alpha value is -1.39. The van der Waals surface area contributed by atoms with Gasteiger partial charge in [0.15, 0.2) is 6.29 Å². The summed E-state index contributed by atoms with van der Waals surface area (Å²) < 4.78 is 5.08. The van der Waals surface area contributed by atoms with Crippen LogP contribution in [0.1, 0.15) is 15.4 Å². The van der Waals surface area contributed by atoms with Gasteiger partial charge in [0.2, 0.25) is 0 Å². The first-order valence-corrected chi connectivity index (χ1v) is 6.11. The zero-order chi connectivity index (χ0) is 12.4. The smallest absolute Gasteiger partial charge is 0.161 e. The van der Waals surface area contributed by atoms with Crippen LogP contribution in [0, 0.1) is 6.92 Å². The van der Waals surface area contributed by atoms with Crippen molar-refractivity contribution in [2.24, 2.45) is 0 Å². The summed E-state index contributed by atoms with van der Waals surface area (Å²) in [7, 11) is 1.59. The maximum Gasteiger partial charge on any atom is 0.161 e. The van der Waals surface area contributed by atoms with E-state index >= 15 is 0 Å². The molecule has 3 nitrogen and oxygen atoms in total. The van der Waals surface area contributed by atoms with E-state index in [1.165, 1.54) is 11.3 Å². The first kappa shape index (κ1) is 12.1. The number of hydrogen-bond acceptors (Lipinski definition) is 4. The van der Waals surface area contributed by atoms with Gasteiger partial charge in [-0.3, -0.25) is 4.79 Å². The lowest BCUT2D eigenvalue weighted by Gasteiger charge is -2.03. The van der Waals surface area contributed by atoms with Crippen molar-refractivity contribution in [1.82, 2.24) is 4.98 Å². The molecule has 1 aromatic heterocycles. The summed E-state index contributed by atoms with van der Waals surface area (Å²) in [6.07, 6.45) is 0.813. The van der Waals surface area contributed by atoms with Crippen molar-refractivity contribution in [1.29, 1.82) is 0 Å². The number of carbonyl (C=O) groups is 1. The van der Waals surface area contributed by atoms with Gasteiger partial charge in [-0.25, -0.2) is 4.98 Å². The predicted octanol–water partition coefficient (Wildman–Crippen LogP) is 3.59. The summed E-state index contributed by atoms with van der Waals surface area (Å²) in [5, 5.41) is 1.31. The Bertz CT molecular complexity index is 566. The van der Waals surface area contributed by atoms with Gasteiger partial charge < -0.3 is 4.74 Å². The van der Waals surface area contributed by atoms with Crippen molar-refractivity contribution >= 4 is 29.2 Å². The van der Waals surface area contributed by atoms with Crippen molar-refractivity contribution in [3.05, 3.63) is 33.8 Å². The summed E-state index contributed by atoms with van der Waals surface area (Å²) in [5.74, 6) is 0.697. The van der Waals surface area contributed by atoms with E-state index in [1.54, 1.807) is 20.1 Å². The third kappa shape index (κ3) is 2.33. The number of ether oxygens (including phenoxy) is 1. The van der Waals surface area contributed by atoms with Crippen LogP contribution in [0.2, 0.25) is 5.02 Å². The number of halogens is 1. The second kappa shape index (κ2) is 4.85. The summed E-state index contributed by atoms with van der Waals surface area (Å²) in [6, 6.07) is 5.39. The van der Waals surface area contributed by atoms with Crippen LogP contribution in [0.4, 0.5) is 0 Å². The van der Waals surface area contributed by atoms with Crippen LogP contribution in [-0.2, 0) is 0 Å². The highest BCUT2D eigenvalue weighted by Crippen LogP contribution is 2.34. The third-order valence-electron chi connectivity index (χ3n) is 2.35. The number of aryl methyl sites for hydroxylation is 1. The number of aromatic nitrogens is 1. The maximum absolute atomic E-state index is 10.8. The fourth-order valence-corrected chi connectivity index (χ4v) is 2.67. The lowest BCUT2D eigenvalue weighted by atomic mass is 10.2. The molecule has 0 radical (unpaired) electrons. The van der Waals surface area contributed by atoms with E-state index in [0.29, 0.717) is 15.6 Å². The van der Waals surface area contributed by atoms with E-state index in [-0.39, 0.29) is 0 Å². The largest absolute Gasteiger partial charge is 0.497 e. The molecule has 0 saturated heterocycles. The molecule has 2 aromatic rings. The zero-order valence-electron chi connectivity index (χ0n) is 9.36. The number of carbonyl (C=O) groups excluding carboxylic acids is 1. The fourth-order valence-electron chi connectivity index (χ4n) is 1.43. The highest BCUT2D eigenvalue weighted by Gasteiger charge is 2.12. The molecule has 0 fully saturated rings. The molecule has 2 rings (SSSR count). The molecule has 0 aliphatic heterocycles. The van der Waals surface area contributed by atoms with Gasteiger partial charge in [-0.1, -0.05) is 11.6 Å². The van der Waals surface area contributed by atoms with Crippen molar-refractivity contribution in [2.75, 3.05) is 7.11 Å². The van der Waals surface area contributed by atoms with Gasteiger partial charge in [-0.15, -0.1) is 11.3 Å². The molecule has 0 saturated carbocycles. The Labute approximate surface area is 108 Å². The molecule has 0 N–H and O–H groups in total. The van der Waals surface area contributed by atoms with Gasteiger partial charge in [0.05, 0.1) is 22.7 Å². The number of aldehydes is 1. The maximum atomic E-state index is 10.8. The highest BCUT2D eigenvalue weighted by atomic mass is 35.5. The molecule has 0 bridgehead atoms. The molecule has 0 spiro atoms. The minimum absolute atomic E-state index is 0.565. The van der Waals surface area contributed by atoms with Crippen LogP contribution in [0.5, 0.6) is 5.75 Å². The summed E-state index contributed by atoms with van der Waals surface area (Å²) in [5.41, 5.74) is 1.54. The van der Waals surface area contributed by atoms with Crippen molar-refractivity contribution in [3.8, 4) is 16.3 Å². The highest BCUT2D eigenvalue weighted by molar-refractivity contribution is 7.16. The molecular formula is C12H10ClNO2S. The van der Waals surface area contributed by atoms with Crippen molar-refractivity contribution in [2.45, 2.75) is 6.92 Å². The van der Waals surface area contributed by atoms with E-state index in [1.807, 2.05) is 12.1 Å². The second-order valence-corrected chi connectivity index (χ2v) is 4.87. The second-order valence-electron chi connectivity index (χ2n) is 3.43. The normalized spacial score (nSPS) is 10.3. The summed E-state index contributed by atoms with van der Waals surface area (Å²) in [6.45, 7) is 1.81. The van der Waals surface area contributed by atoms with Gasteiger partial charge in [-0.2, -0.15) is 0 Å². The van der Waals surface area contributed by atoms with Gasteiger partial charge in [0.1, 0.15) is 10.8 Å². The van der Waals surface area contributed by atoms with Crippen LogP contribution >= 0.6 is 22.9 Å². The number of nitrogens with zero attached hydrogens (tertiary/aromatic N) is 1. The lowest BCUT2D eigenvalue weighted by Crippen LogP contribution is -1.84. The molecule has 0 aliphatic rings. The lowest BCUT2D eigenvalue weighted by molar-refractivity contribution is 0.112. The number of rotatable bonds is 3. The molecule has 5 heteroatoms. The molecule has 0 aliphatic carbocycles. The van der Waals surface area contributed by atoms with Gasteiger partial charge in [0.25, 0.3) is 0 Å². The topological polar surface area (TPSA) is 39.2 Å². The minimum Gasteiger partial charge on any atom is -0.497 e. The quantitative estimate of drug-likeness (QED) is 0.798. The van der Waals surface area contributed by atoms with E-state index in [2.05, 4.69) is 4.98 Å². The van der Waals surface area contributed by atoms with Crippen LogP contribution in [0.25, 0.3) is 10.6 Å².